The van der Waals surface area contributed by atoms with E-state index in [1.807, 2.05) is 0 Å². The van der Waals surface area contributed by atoms with Crippen LogP contribution in [0, 0.1) is 0 Å². The highest BCUT2D eigenvalue weighted by Crippen LogP contribution is 2.36. The molecule has 1 aromatic carbocycles. The summed E-state index contributed by atoms with van der Waals surface area (Å²) >= 11 is 1.21. The zero-order chi connectivity index (χ0) is 13.2. The maximum absolute atomic E-state index is 12.9. The first-order valence-corrected chi connectivity index (χ1v) is 6.28. The minimum atomic E-state index is -4.46. The number of hydrogen-bond donors (Lipinski definition) is 0. The van der Waals surface area contributed by atoms with E-state index in [0.29, 0.717) is 10.7 Å². The molecule has 0 unspecified atom stereocenters. The maximum atomic E-state index is 12.9. The third kappa shape index (κ3) is 2.64. The molecule has 0 fully saturated rings. The Balaban J connectivity index is 2.62. The molecule has 0 radical (unpaired) electrons. The fourth-order valence-corrected chi connectivity index (χ4v) is 1.83. The van der Waals surface area contributed by atoms with Crippen LogP contribution in [0.25, 0.3) is 11.3 Å². The quantitative estimate of drug-likeness (QED) is 0.611. The molecule has 2 nitrogen and oxygen atoms in total. The molecule has 0 saturated carbocycles. The van der Waals surface area contributed by atoms with Crippen molar-refractivity contribution in [1.82, 2.24) is 9.97 Å². The van der Waals surface area contributed by atoms with Crippen LogP contribution in [0.1, 0.15) is 5.56 Å². The number of hydrogen-bond acceptors (Lipinski definition) is 3. The van der Waals surface area contributed by atoms with Crippen molar-refractivity contribution in [1.29, 1.82) is 0 Å². The summed E-state index contributed by atoms with van der Waals surface area (Å²) in [5.74, 6) is 0. The molecule has 0 aliphatic carbocycles. The van der Waals surface area contributed by atoms with Gasteiger partial charge in [-0.3, -0.25) is 0 Å². The van der Waals surface area contributed by atoms with Crippen LogP contribution in [0.2, 0.25) is 0 Å². The van der Waals surface area contributed by atoms with Crippen LogP contribution in [-0.4, -0.2) is 16.2 Å². The van der Waals surface area contributed by atoms with Gasteiger partial charge in [0.05, 0.1) is 5.69 Å². The van der Waals surface area contributed by atoms with Crippen LogP contribution in [0.3, 0.4) is 0 Å². The predicted octanol–water partition coefficient (Wildman–Crippen LogP) is 3.88. The summed E-state index contributed by atoms with van der Waals surface area (Å²) in [7, 11) is 0. The van der Waals surface area contributed by atoms with E-state index >= 15 is 0 Å². The number of alkyl halides is 3. The van der Waals surface area contributed by atoms with Crippen molar-refractivity contribution in [2.75, 3.05) is 6.26 Å². The second-order valence-corrected chi connectivity index (χ2v) is 4.26. The SMILES string of the molecule is CSc1ncc(C(F)(F)F)c(-c2ccccc2)n1. The van der Waals surface area contributed by atoms with Gasteiger partial charge in [0.15, 0.2) is 5.16 Å². The van der Waals surface area contributed by atoms with E-state index in [1.54, 1.807) is 36.6 Å². The highest BCUT2D eigenvalue weighted by Gasteiger charge is 2.35. The van der Waals surface area contributed by atoms with E-state index in [-0.39, 0.29) is 5.69 Å². The Kier molecular flexibility index (Phi) is 3.56. The van der Waals surface area contributed by atoms with Gasteiger partial charge in [-0.05, 0) is 6.26 Å². The average Bonchev–Trinajstić information content (AvgIpc) is 2.38. The molecular weight excluding hydrogens is 261 g/mol. The molecular formula is C12H9F3N2S. The molecule has 0 saturated heterocycles. The van der Waals surface area contributed by atoms with Gasteiger partial charge in [0.1, 0.15) is 5.56 Å². The van der Waals surface area contributed by atoms with Gasteiger partial charge < -0.3 is 0 Å². The van der Waals surface area contributed by atoms with Crippen LogP contribution in [-0.2, 0) is 6.18 Å². The number of aromatic nitrogens is 2. The first-order chi connectivity index (χ1) is 8.52. The molecule has 94 valence electrons. The van der Waals surface area contributed by atoms with Gasteiger partial charge in [-0.15, -0.1) is 0 Å². The minimum absolute atomic E-state index is 0.0811. The summed E-state index contributed by atoms with van der Waals surface area (Å²) in [5.41, 5.74) is -0.462. The van der Waals surface area contributed by atoms with Gasteiger partial charge in [-0.25, -0.2) is 9.97 Å². The first kappa shape index (κ1) is 12.9. The van der Waals surface area contributed by atoms with E-state index in [0.717, 1.165) is 6.20 Å². The molecule has 18 heavy (non-hydrogen) atoms. The summed E-state index contributed by atoms with van der Waals surface area (Å²) in [4.78, 5) is 7.64. The molecule has 0 amide bonds. The second-order valence-electron chi connectivity index (χ2n) is 3.48. The molecule has 6 heteroatoms. The van der Waals surface area contributed by atoms with Crippen molar-refractivity contribution in [3.05, 3.63) is 42.1 Å². The van der Waals surface area contributed by atoms with Crippen LogP contribution in [0.15, 0.2) is 41.7 Å². The van der Waals surface area contributed by atoms with Crippen molar-refractivity contribution < 1.29 is 13.2 Å². The Morgan fingerprint density at radius 1 is 1.11 bits per heavy atom. The summed E-state index contributed by atoms with van der Waals surface area (Å²) in [6.07, 6.45) is -1.90. The fraction of sp³-hybridized carbons (Fsp3) is 0.167. The second kappa shape index (κ2) is 4.97. The molecule has 0 aliphatic rings. The van der Waals surface area contributed by atoms with Crippen molar-refractivity contribution >= 4 is 11.8 Å². The molecule has 0 N–H and O–H groups in total. The normalized spacial score (nSPS) is 11.6. The smallest absolute Gasteiger partial charge is 0.230 e. The van der Waals surface area contributed by atoms with Crippen LogP contribution in [0.5, 0.6) is 0 Å². The fourth-order valence-electron chi connectivity index (χ4n) is 1.49. The number of benzene rings is 1. The average molecular weight is 270 g/mol. The summed E-state index contributed by atoms with van der Waals surface area (Å²) in [6, 6.07) is 8.30. The molecule has 0 atom stereocenters. The van der Waals surface area contributed by atoms with Gasteiger partial charge in [-0.2, -0.15) is 13.2 Å². The zero-order valence-corrected chi connectivity index (χ0v) is 10.2. The zero-order valence-electron chi connectivity index (χ0n) is 9.40. The van der Waals surface area contributed by atoms with Crippen LogP contribution in [0.4, 0.5) is 13.2 Å². The highest BCUT2D eigenvalue weighted by molar-refractivity contribution is 7.98. The van der Waals surface area contributed by atoms with E-state index < -0.39 is 11.7 Å². The van der Waals surface area contributed by atoms with Gasteiger partial charge in [0, 0.05) is 11.8 Å². The van der Waals surface area contributed by atoms with Crippen molar-refractivity contribution in [3.63, 3.8) is 0 Å². The molecule has 1 heterocycles. The molecule has 0 spiro atoms. The molecule has 0 aliphatic heterocycles. The largest absolute Gasteiger partial charge is 0.419 e. The summed E-state index contributed by atoms with van der Waals surface area (Å²) < 4.78 is 38.6. The number of thioether (sulfide) groups is 1. The third-order valence-corrected chi connectivity index (χ3v) is 2.86. The predicted molar refractivity (Wildman–Crippen MR) is 64.3 cm³/mol. The lowest BCUT2D eigenvalue weighted by atomic mass is 10.1. The Morgan fingerprint density at radius 2 is 1.78 bits per heavy atom. The third-order valence-electron chi connectivity index (χ3n) is 2.30. The van der Waals surface area contributed by atoms with Crippen molar-refractivity contribution in [2.45, 2.75) is 11.3 Å². The Labute approximate surface area is 106 Å². The van der Waals surface area contributed by atoms with Crippen molar-refractivity contribution in [2.24, 2.45) is 0 Å². The molecule has 2 aromatic rings. The Morgan fingerprint density at radius 3 is 2.33 bits per heavy atom. The standard InChI is InChI=1S/C12H9F3N2S/c1-18-11-16-7-9(12(13,14)15)10(17-11)8-5-3-2-4-6-8/h2-7H,1H3. The van der Waals surface area contributed by atoms with E-state index in [1.165, 1.54) is 11.8 Å². The minimum Gasteiger partial charge on any atom is -0.230 e. The number of rotatable bonds is 2. The van der Waals surface area contributed by atoms with Crippen LogP contribution < -0.4 is 0 Å². The maximum Gasteiger partial charge on any atom is 0.419 e. The first-order valence-electron chi connectivity index (χ1n) is 5.06. The lowest BCUT2D eigenvalue weighted by molar-refractivity contribution is -0.137. The monoisotopic (exact) mass is 270 g/mol. The molecule has 2 rings (SSSR count). The number of halogens is 3. The van der Waals surface area contributed by atoms with Gasteiger partial charge >= 0.3 is 6.18 Å². The van der Waals surface area contributed by atoms with Gasteiger partial charge in [-0.1, -0.05) is 42.1 Å². The molecule has 1 aromatic heterocycles. The number of nitrogens with zero attached hydrogens (tertiary/aromatic N) is 2. The summed E-state index contributed by atoms with van der Waals surface area (Å²) in [6.45, 7) is 0. The lowest BCUT2D eigenvalue weighted by Crippen LogP contribution is -2.10. The van der Waals surface area contributed by atoms with Crippen molar-refractivity contribution in [3.8, 4) is 11.3 Å². The van der Waals surface area contributed by atoms with E-state index in [9.17, 15) is 13.2 Å². The van der Waals surface area contributed by atoms with Gasteiger partial charge in [0.25, 0.3) is 0 Å². The Bertz CT molecular complexity index is 541. The Hall–Kier alpha value is -1.56. The molecule has 0 bridgehead atoms. The van der Waals surface area contributed by atoms with Gasteiger partial charge in [0.2, 0.25) is 0 Å². The topological polar surface area (TPSA) is 25.8 Å². The van der Waals surface area contributed by atoms with Crippen LogP contribution >= 0.6 is 11.8 Å². The van der Waals surface area contributed by atoms with E-state index in [4.69, 9.17) is 0 Å². The summed E-state index contributed by atoms with van der Waals surface area (Å²) in [5, 5.41) is 0.321. The highest BCUT2D eigenvalue weighted by atomic mass is 32.2. The lowest BCUT2D eigenvalue weighted by Gasteiger charge is -2.12. The van der Waals surface area contributed by atoms with E-state index in [2.05, 4.69) is 9.97 Å².